The molecule has 1 aromatic rings. The lowest BCUT2D eigenvalue weighted by Gasteiger charge is -2.49. The van der Waals surface area contributed by atoms with E-state index in [2.05, 4.69) is 5.32 Å². The fourth-order valence-corrected chi connectivity index (χ4v) is 4.57. The Labute approximate surface area is 116 Å². The van der Waals surface area contributed by atoms with Crippen molar-refractivity contribution in [3.05, 3.63) is 34.4 Å². The molecule has 0 aliphatic carbocycles. The van der Waals surface area contributed by atoms with E-state index in [0.29, 0.717) is 19.0 Å². The van der Waals surface area contributed by atoms with Crippen molar-refractivity contribution in [3.63, 3.8) is 0 Å². The van der Waals surface area contributed by atoms with Gasteiger partial charge in [0, 0.05) is 31.3 Å². The first-order valence-corrected chi connectivity index (χ1v) is 7.91. The molecule has 0 amide bonds. The second-order valence-corrected chi connectivity index (χ2v) is 7.04. The minimum Gasteiger partial charge on any atom is -0.315 e. The van der Waals surface area contributed by atoms with Gasteiger partial charge < -0.3 is 5.32 Å². The van der Waals surface area contributed by atoms with Gasteiger partial charge in [0.2, 0.25) is 10.0 Å². The second-order valence-electron chi connectivity index (χ2n) is 5.15. The molecule has 0 unspecified atom stereocenters. The zero-order valence-electron chi connectivity index (χ0n) is 10.7. The molecule has 0 radical (unpaired) electrons. The molecule has 1 aromatic carbocycles. The Morgan fingerprint density at radius 2 is 2.00 bits per heavy atom. The molecule has 0 spiro atoms. The van der Waals surface area contributed by atoms with Crippen molar-refractivity contribution in [3.8, 4) is 0 Å². The molecular formula is C12H15N3O4S. The molecule has 2 saturated heterocycles. The van der Waals surface area contributed by atoms with E-state index < -0.39 is 14.9 Å². The average molecular weight is 297 g/mol. The van der Waals surface area contributed by atoms with Gasteiger partial charge in [0.15, 0.2) is 0 Å². The normalized spacial score (nSPS) is 26.6. The summed E-state index contributed by atoms with van der Waals surface area (Å²) >= 11 is 0. The zero-order valence-corrected chi connectivity index (χ0v) is 11.5. The highest BCUT2D eigenvalue weighted by molar-refractivity contribution is 7.89. The van der Waals surface area contributed by atoms with Gasteiger partial charge >= 0.3 is 0 Å². The van der Waals surface area contributed by atoms with E-state index in [-0.39, 0.29) is 16.6 Å². The lowest BCUT2D eigenvalue weighted by atomic mass is 9.86. The Bertz CT molecular complexity index is 629. The predicted octanol–water partition coefficient (Wildman–Crippen LogP) is 0.577. The number of nitrogens with zero attached hydrogens (tertiary/aromatic N) is 2. The third-order valence-corrected chi connectivity index (χ3v) is 5.93. The number of nitro benzene ring substituents is 1. The van der Waals surface area contributed by atoms with Crippen LogP contribution in [0, 0.1) is 16.0 Å². The molecule has 2 atom stereocenters. The largest absolute Gasteiger partial charge is 0.315 e. The Hall–Kier alpha value is -1.51. The zero-order chi connectivity index (χ0) is 14.3. The van der Waals surface area contributed by atoms with Crippen LogP contribution in [0.4, 0.5) is 5.69 Å². The van der Waals surface area contributed by atoms with Crippen LogP contribution in [0.5, 0.6) is 0 Å². The smallest absolute Gasteiger partial charge is 0.269 e. The van der Waals surface area contributed by atoms with E-state index in [1.165, 1.54) is 28.6 Å². The van der Waals surface area contributed by atoms with Crippen LogP contribution in [0.25, 0.3) is 0 Å². The number of non-ortho nitro benzene ring substituents is 1. The van der Waals surface area contributed by atoms with Gasteiger partial charge in [-0.3, -0.25) is 10.1 Å². The van der Waals surface area contributed by atoms with Crippen LogP contribution in [0.3, 0.4) is 0 Å². The van der Waals surface area contributed by atoms with E-state index in [0.717, 1.165) is 13.0 Å². The van der Waals surface area contributed by atoms with Gasteiger partial charge in [-0.1, -0.05) is 0 Å². The summed E-state index contributed by atoms with van der Waals surface area (Å²) in [5.74, 6) is 0.434. The van der Waals surface area contributed by atoms with Crippen molar-refractivity contribution >= 4 is 15.7 Å². The van der Waals surface area contributed by atoms with E-state index in [1.807, 2.05) is 0 Å². The third kappa shape index (κ3) is 2.09. The highest BCUT2D eigenvalue weighted by Gasteiger charge is 2.46. The van der Waals surface area contributed by atoms with Crippen LogP contribution in [0.1, 0.15) is 6.42 Å². The number of nitro groups is 1. The van der Waals surface area contributed by atoms with E-state index >= 15 is 0 Å². The molecule has 2 aliphatic heterocycles. The van der Waals surface area contributed by atoms with Crippen molar-refractivity contribution < 1.29 is 13.3 Å². The number of hydrogen-bond acceptors (Lipinski definition) is 5. The maximum atomic E-state index is 12.5. The lowest BCUT2D eigenvalue weighted by Crippen LogP contribution is -2.64. The Morgan fingerprint density at radius 3 is 2.60 bits per heavy atom. The van der Waals surface area contributed by atoms with Crippen LogP contribution in [0.15, 0.2) is 29.2 Å². The standard InChI is InChI=1S/C12H15N3O4S/c16-15(17)10-1-3-11(4-2-10)20(18,19)14-8-9-5-6-13-7-12(9)14/h1-4,9,12-13H,5-8H2/t9-,12-/m1/s1. The number of sulfonamides is 1. The summed E-state index contributed by atoms with van der Waals surface area (Å²) < 4.78 is 26.4. The molecule has 108 valence electrons. The van der Waals surface area contributed by atoms with Gasteiger partial charge in [-0.2, -0.15) is 4.31 Å². The van der Waals surface area contributed by atoms with Crippen LogP contribution < -0.4 is 5.32 Å². The molecule has 20 heavy (non-hydrogen) atoms. The summed E-state index contributed by atoms with van der Waals surface area (Å²) in [5.41, 5.74) is -0.107. The van der Waals surface area contributed by atoms with Gasteiger partial charge in [-0.05, 0) is 31.0 Å². The molecule has 3 rings (SSSR count). The molecule has 1 N–H and O–H groups in total. The number of hydrogen-bond donors (Lipinski definition) is 1. The third-order valence-electron chi connectivity index (χ3n) is 4.03. The van der Waals surface area contributed by atoms with Crippen molar-refractivity contribution in [2.24, 2.45) is 5.92 Å². The summed E-state index contributed by atoms with van der Waals surface area (Å²) in [5, 5.41) is 13.8. The Kier molecular flexibility index (Phi) is 3.23. The highest BCUT2D eigenvalue weighted by atomic mass is 32.2. The summed E-state index contributed by atoms with van der Waals surface area (Å²) in [4.78, 5) is 10.2. The quantitative estimate of drug-likeness (QED) is 0.650. The van der Waals surface area contributed by atoms with Gasteiger partial charge in [0.05, 0.1) is 9.82 Å². The van der Waals surface area contributed by atoms with Crippen LogP contribution >= 0.6 is 0 Å². The van der Waals surface area contributed by atoms with Crippen LogP contribution in [-0.2, 0) is 10.0 Å². The summed E-state index contributed by atoms with van der Waals surface area (Å²) in [6, 6.07) is 5.07. The van der Waals surface area contributed by atoms with Gasteiger partial charge in [0.1, 0.15) is 0 Å². The van der Waals surface area contributed by atoms with E-state index in [9.17, 15) is 18.5 Å². The predicted molar refractivity (Wildman–Crippen MR) is 71.8 cm³/mol. The number of piperidine rings is 1. The van der Waals surface area contributed by atoms with Gasteiger partial charge in [-0.15, -0.1) is 0 Å². The highest BCUT2D eigenvalue weighted by Crippen LogP contribution is 2.35. The molecule has 2 fully saturated rings. The van der Waals surface area contributed by atoms with Gasteiger partial charge in [-0.25, -0.2) is 8.42 Å². The molecular weight excluding hydrogens is 282 g/mol. The summed E-state index contributed by atoms with van der Waals surface area (Å²) in [6.07, 6.45) is 0.997. The summed E-state index contributed by atoms with van der Waals surface area (Å²) in [7, 11) is -3.54. The molecule has 8 heteroatoms. The van der Waals surface area contributed by atoms with Crippen molar-refractivity contribution in [1.82, 2.24) is 9.62 Å². The Balaban J connectivity index is 1.83. The molecule has 7 nitrogen and oxygen atoms in total. The maximum absolute atomic E-state index is 12.5. The number of rotatable bonds is 3. The minimum atomic E-state index is -3.54. The van der Waals surface area contributed by atoms with Gasteiger partial charge in [0.25, 0.3) is 5.69 Å². The van der Waals surface area contributed by atoms with Crippen molar-refractivity contribution in [1.29, 1.82) is 0 Å². The fraction of sp³-hybridized carbons (Fsp3) is 0.500. The van der Waals surface area contributed by atoms with E-state index in [4.69, 9.17) is 0 Å². The van der Waals surface area contributed by atoms with Crippen molar-refractivity contribution in [2.75, 3.05) is 19.6 Å². The van der Waals surface area contributed by atoms with Crippen molar-refractivity contribution in [2.45, 2.75) is 17.4 Å². The number of benzene rings is 1. The first kappa shape index (κ1) is 13.5. The molecule has 2 aliphatic rings. The first-order valence-electron chi connectivity index (χ1n) is 6.47. The van der Waals surface area contributed by atoms with Crippen LogP contribution in [0.2, 0.25) is 0 Å². The lowest BCUT2D eigenvalue weighted by molar-refractivity contribution is -0.384. The summed E-state index contributed by atoms with van der Waals surface area (Å²) in [6.45, 7) is 2.16. The second kappa shape index (κ2) is 4.80. The monoisotopic (exact) mass is 297 g/mol. The number of fused-ring (bicyclic) bond motifs is 1. The molecule has 0 saturated carbocycles. The topological polar surface area (TPSA) is 92.5 Å². The molecule has 0 aromatic heterocycles. The maximum Gasteiger partial charge on any atom is 0.269 e. The average Bonchev–Trinajstić information content (AvgIpc) is 2.40. The number of nitrogens with one attached hydrogen (secondary N) is 1. The fourth-order valence-electron chi connectivity index (χ4n) is 2.83. The molecule has 2 heterocycles. The minimum absolute atomic E-state index is 0.0175. The SMILES string of the molecule is O=[N+]([O-])c1ccc(S(=O)(=O)N2C[C@H]3CCNC[C@H]32)cc1. The first-order chi connectivity index (χ1) is 9.50. The molecule has 0 bridgehead atoms. The Morgan fingerprint density at radius 1 is 1.30 bits per heavy atom. The van der Waals surface area contributed by atoms with E-state index in [1.54, 1.807) is 0 Å². The van der Waals surface area contributed by atoms with Crippen LogP contribution in [-0.4, -0.2) is 43.3 Å².